The molecule has 7 heteroatoms. The van der Waals surface area contributed by atoms with Crippen LogP contribution < -0.4 is 11.1 Å². The Morgan fingerprint density at radius 2 is 2.15 bits per heavy atom. The number of nitrogens with two attached hydrogens (primary N) is 1. The molecule has 0 aliphatic heterocycles. The minimum absolute atomic E-state index is 0.135. The highest BCUT2D eigenvalue weighted by molar-refractivity contribution is 5.98. The van der Waals surface area contributed by atoms with Crippen LogP contribution in [0.25, 0.3) is 16.8 Å². The average Bonchev–Trinajstić information content (AvgIpc) is 2.98. The molecule has 3 N–H and O–H groups in total. The highest BCUT2D eigenvalue weighted by Gasteiger charge is 2.21. The molecule has 3 rings (SSSR count). The number of anilines is 1. The zero-order chi connectivity index (χ0) is 18.7. The Kier molecular flexibility index (Phi) is 5.18. The van der Waals surface area contributed by atoms with E-state index in [1.807, 2.05) is 6.92 Å². The lowest BCUT2D eigenvalue weighted by atomic mass is 10.0. The number of hydrogen-bond donors (Lipinski definition) is 2. The van der Waals surface area contributed by atoms with Crippen LogP contribution in [-0.4, -0.2) is 28.9 Å². The molecule has 6 nitrogen and oxygen atoms in total. The van der Waals surface area contributed by atoms with Gasteiger partial charge in [-0.1, -0.05) is 19.1 Å². The molecule has 26 heavy (non-hydrogen) atoms. The number of amides is 1. The number of hydrogen-bond acceptors (Lipinski definition) is 4. The number of nitrogen functional groups attached to an aromatic ring is 1. The van der Waals surface area contributed by atoms with Gasteiger partial charge < -0.3 is 15.8 Å². The molecule has 2 aromatic heterocycles. The summed E-state index contributed by atoms with van der Waals surface area (Å²) >= 11 is 0. The van der Waals surface area contributed by atoms with Crippen molar-refractivity contribution in [3.63, 3.8) is 0 Å². The van der Waals surface area contributed by atoms with Crippen molar-refractivity contribution in [1.82, 2.24) is 14.7 Å². The third kappa shape index (κ3) is 3.13. The normalized spacial score (nSPS) is 11.0. The molecule has 0 aliphatic carbocycles. The van der Waals surface area contributed by atoms with Crippen LogP contribution in [0.3, 0.4) is 0 Å². The first-order valence-electron chi connectivity index (χ1n) is 8.39. The maximum atomic E-state index is 14.6. The SMILES string of the molecule is CCCNC(=O)c1nc2c(-c3c(F)cccc3COC)cccn2c1N. The van der Waals surface area contributed by atoms with Gasteiger partial charge in [0.2, 0.25) is 0 Å². The van der Waals surface area contributed by atoms with E-state index in [2.05, 4.69) is 10.3 Å². The molecule has 0 atom stereocenters. The van der Waals surface area contributed by atoms with Gasteiger partial charge >= 0.3 is 0 Å². The summed E-state index contributed by atoms with van der Waals surface area (Å²) in [4.78, 5) is 16.7. The molecule has 0 saturated heterocycles. The van der Waals surface area contributed by atoms with Gasteiger partial charge in [-0.25, -0.2) is 9.37 Å². The van der Waals surface area contributed by atoms with Gasteiger partial charge in [0.05, 0.1) is 6.61 Å². The van der Waals surface area contributed by atoms with Crippen LogP contribution in [-0.2, 0) is 11.3 Å². The van der Waals surface area contributed by atoms with Crippen LogP contribution >= 0.6 is 0 Å². The molecular formula is C19H21FN4O2. The molecule has 1 amide bonds. The summed E-state index contributed by atoms with van der Waals surface area (Å²) < 4.78 is 21.4. The monoisotopic (exact) mass is 356 g/mol. The fourth-order valence-electron chi connectivity index (χ4n) is 2.92. The largest absolute Gasteiger partial charge is 0.383 e. The van der Waals surface area contributed by atoms with E-state index in [9.17, 15) is 9.18 Å². The minimum atomic E-state index is -0.383. The number of methoxy groups -OCH3 is 1. The van der Waals surface area contributed by atoms with Crippen molar-refractivity contribution in [2.24, 2.45) is 0 Å². The molecule has 0 fully saturated rings. The number of nitrogens with zero attached hydrogens (tertiary/aromatic N) is 2. The van der Waals surface area contributed by atoms with Crippen molar-refractivity contribution in [3.8, 4) is 11.1 Å². The van der Waals surface area contributed by atoms with Crippen molar-refractivity contribution < 1.29 is 13.9 Å². The zero-order valence-corrected chi connectivity index (χ0v) is 14.8. The summed E-state index contributed by atoms with van der Waals surface area (Å²) in [5.41, 5.74) is 8.32. The lowest BCUT2D eigenvalue weighted by Gasteiger charge is -2.11. The molecule has 0 aliphatic rings. The van der Waals surface area contributed by atoms with Crippen LogP contribution in [0.15, 0.2) is 36.5 Å². The highest BCUT2D eigenvalue weighted by atomic mass is 19.1. The first kappa shape index (κ1) is 17.9. The lowest BCUT2D eigenvalue weighted by molar-refractivity contribution is 0.0950. The summed E-state index contributed by atoms with van der Waals surface area (Å²) in [5.74, 6) is -0.504. The van der Waals surface area contributed by atoms with E-state index >= 15 is 0 Å². The summed E-state index contributed by atoms with van der Waals surface area (Å²) in [6.07, 6.45) is 2.51. The number of ether oxygens (including phenoxy) is 1. The summed E-state index contributed by atoms with van der Waals surface area (Å²) in [6, 6.07) is 8.33. The first-order chi connectivity index (χ1) is 12.6. The third-order valence-corrected chi connectivity index (χ3v) is 4.11. The Bertz CT molecular complexity index is 952. The summed E-state index contributed by atoms with van der Waals surface area (Å²) in [7, 11) is 1.55. The van der Waals surface area contributed by atoms with Gasteiger partial charge in [-0.15, -0.1) is 0 Å². The fraction of sp³-hybridized carbons (Fsp3) is 0.263. The van der Waals surface area contributed by atoms with Crippen molar-refractivity contribution in [2.75, 3.05) is 19.4 Å². The predicted molar refractivity (Wildman–Crippen MR) is 98.3 cm³/mol. The first-order valence-corrected chi connectivity index (χ1v) is 8.39. The standard InChI is InChI=1S/C19H21FN4O2/c1-3-9-22-19(25)16-17(21)24-10-5-7-13(18(24)23-16)15-12(11-26-2)6-4-8-14(15)20/h4-8,10H,3,9,11,21H2,1-2H3,(H,22,25). The summed E-state index contributed by atoms with van der Waals surface area (Å²) in [6.45, 7) is 2.75. The van der Waals surface area contributed by atoms with Crippen molar-refractivity contribution >= 4 is 17.4 Å². The molecule has 0 unspecified atom stereocenters. The number of nitrogens with one attached hydrogen (secondary N) is 1. The second-order valence-electron chi connectivity index (χ2n) is 5.92. The topological polar surface area (TPSA) is 81.6 Å². The number of pyridine rings is 1. The third-order valence-electron chi connectivity index (χ3n) is 4.11. The molecule has 3 aromatic rings. The fourth-order valence-corrected chi connectivity index (χ4v) is 2.92. The zero-order valence-electron chi connectivity index (χ0n) is 14.8. The Morgan fingerprint density at radius 3 is 2.88 bits per heavy atom. The molecule has 0 bridgehead atoms. The molecular weight excluding hydrogens is 335 g/mol. The number of halogens is 1. The Labute approximate surface area is 150 Å². The Morgan fingerprint density at radius 1 is 1.35 bits per heavy atom. The van der Waals surface area contributed by atoms with Crippen LogP contribution in [0, 0.1) is 5.82 Å². The Hall–Kier alpha value is -2.93. The predicted octanol–water partition coefficient (Wildman–Crippen LogP) is 3.01. The van der Waals surface area contributed by atoms with Gasteiger partial charge in [0.15, 0.2) is 5.69 Å². The molecule has 0 radical (unpaired) electrons. The van der Waals surface area contributed by atoms with E-state index in [-0.39, 0.29) is 29.8 Å². The van der Waals surface area contributed by atoms with Gasteiger partial charge in [0, 0.05) is 31.0 Å². The van der Waals surface area contributed by atoms with Gasteiger partial charge in [0.25, 0.3) is 5.91 Å². The van der Waals surface area contributed by atoms with E-state index in [0.717, 1.165) is 6.42 Å². The molecule has 136 valence electrons. The lowest BCUT2D eigenvalue weighted by Crippen LogP contribution is -2.25. The molecule has 2 heterocycles. The number of benzene rings is 1. The molecule has 0 saturated carbocycles. The maximum Gasteiger partial charge on any atom is 0.273 e. The average molecular weight is 356 g/mol. The van der Waals surface area contributed by atoms with E-state index in [0.29, 0.717) is 28.9 Å². The number of aromatic nitrogens is 2. The van der Waals surface area contributed by atoms with Crippen molar-refractivity contribution in [2.45, 2.75) is 20.0 Å². The van der Waals surface area contributed by atoms with Gasteiger partial charge in [0.1, 0.15) is 17.3 Å². The quantitative estimate of drug-likeness (QED) is 0.711. The highest BCUT2D eigenvalue weighted by Crippen LogP contribution is 2.32. The number of imidazole rings is 1. The number of carbonyl (C=O) groups excluding carboxylic acids is 1. The van der Waals surface area contributed by atoms with Crippen LogP contribution in [0.2, 0.25) is 0 Å². The molecule has 1 aromatic carbocycles. The minimum Gasteiger partial charge on any atom is -0.383 e. The smallest absolute Gasteiger partial charge is 0.273 e. The Balaban J connectivity index is 2.19. The van der Waals surface area contributed by atoms with Crippen molar-refractivity contribution in [1.29, 1.82) is 0 Å². The van der Waals surface area contributed by atoms with E-state index in [1.165, 1.54) is 6.07 Å². The van der Waals surface area contributed by atoms with E-state index in [1.54, 1.807) is 42.0 Å². The van der Waals surface area contributed by atoms with Gasteiger partial charge in [-0.2, -0.15) is 0 Å². The van der Waals surface area contributed by atoms with Crippen LogP contribution in [0.5, 0.6) is 0 Å². The maximum absolute atomic E-state index is 14.6. The summed E-state index contributed by atoms with van der Waals surface area (Å²) in [5, 5.41) is 2.76. The number of rotatable bonds is 6. The second-order valence-corrected chi connectivity index (χ2v) is 5.92. The van der Waals surface area contributed by atoms with Gasteiger partial charge in [-0.05, 0) is 30.2 Å². The number of fused-ring (bicyclic) bond motifs is 1. The van der Waals surface area contributed by atoms with Gasteiger partial charge in [-0.3, -0.25) is 9.20 Å². The number of carbonyl (C=O) groups is 1. The van der Waals surface area contributed by atoms with Crippen LogP contribution in [0.4, 0.5) is 10.2 Å². The van der Waals surface area contributed by atoms with Crippen molar-refractivity contribution in [3.05, 3.63) is 53.6 Å². The van der Waals surface area contributed by atoms with Crippen LogP contribution in [0.1, 0.15) is 29.4 Å². The van der Waals surface area contributed by atoms with E-state index in [4.69, 9.17) is 10.5 Å². The molecule has 0 spiro atoms. The van der Waals surface area contributed by atoms with E-state index < -0.39 is 0 Å². The second kappa shape index (κ2) is 7.53.